The SMILES string of the molecule is N#CCC(c1ncc(-c2ncnc3[nH]ccc23)o1)C1CCCC1. The second-order valence-electron chi connectivity index (χ2n) is 6.04. The fourth-order valence-corrected chi connectivity index (χ4v) is 3.55. The second-order valence-corrected chi connectivity index (χ2v) is 6.04. The van der Waals surface area contributed by atoms with Crippen molar-refractivity contribution in [2.45, 2.75) is 38.0 Å². The van der Waals surface area contributed by atoms with Crippen molar-refractivity contribution in [2.75, 3.05) is 0 Å². The van der Waals surface area contributed by atoms with E-state index in [2.05, 4.69) is 26.0 Å². The van der Waals surface area contributed by atoms with E-state index < -0.39 is 0 Å². The molecular weight excluding hydrogens is 290 g/mol. The molecule has 1 saturated carbocycles. The fourth-order valence-electron chi connectivity index (χ4n) is 3.55. The Kier molecular flexibility index (Phi) is 3.54. The minimum Gasteiger partial charge on any atom is -0.439 e. The topological polar surface area (TPSA) is 91.4 Å². The summed E-state index contributed by atoms with van der Waals surface area (Å²) in [6.45, 7) is 0. The van der Waals surface area contributed by atoms with Crippen LogP contribution in [0.5, 0.6) is 0 Å². The minimum absolute atomic E-state index is 0.0832. The van der Waals surface area contributed by atoms with Gasteiger partial charge in [-0.05, 0) is 24.8 Å². The van der Waals surface area contributed by atoms with Crippen molar-refractivity contribution in [3.05, 3.63) is 30.7 Å². The average molecular weight is 307 g/mol. The van der Waals surface area contributed by atoms with E-state index in [9.17, 15) is 0 Å². The highest BCUT2D eigenvalue weighted by molar-refractivity contribution is 5.88. The Bertz CT molecular complexity index is 853. The van der Waals surface area contributed by atoms with Crippen molar-refractivity contribution in [3.63, 3.8) is 0 Å². The third-order valence-corrected chi connectivity index (χ3v) is 4.71. The molecule has 1 unspecified atom stereocenters. The summed E-state index contributed by atoms with van der Waals surface area (Å²) in [4.78, 5) is 16.1. The van der Waals surface area contributed by atoms with Gasteiger partial charge in [0, 0.05) is 18.0 Å². The molecule has 0 spiro atoms. The average Bonchev–Trinajstić information content (AvgIpc) is 3.32. The highest BCUT2D eigenvalue weighted by atomic mass is 16.4. The summed E-state index contributed by atoms with van der Waals surface area (Å²) < 4.78 is 6.01. The van der Waals surface area contributed by atoms with Gasteiger partial charge in [0.2, 0.25) is 0 Å². The first-order chi connectivity index (χ1) is 11.4. The molecule has 6 nitrogen and oxygen atoms in total. The third-order valence-electron chi connectivity index (χ3n) is 4.71. The molecule has 6 heteroatoms. The Labute approximate surface area is 133 Å². The van der Waals surface area contributed by atoms with Crippen molar-refractivity contribution in [3.8, 4) is 17.5 Å². The Balaban J connectivity index is 1.70. The summed E-state index contributed by atoms with van der Waals surface area (Å²) in [5, 5.41) is 10.1. The van der Waals surface area contributed by atoms with Crippen LogP contribution in [-0.2, 0) is 0 Å². The molecule has 0 aliphatic heterocycles. The lowest BCUT2D eigenvalue weighted by Crippen LogP contribution is -2.09. The number of nitrogens with zero attached hydrogens (tertiary/aromatic N) is 4. The number of nitriles is 1. The van der Waals surface area contributed by atoms with Crippen molar-refractivity contribution < 1.29 is 4.42 Å². The van der Waals surface area contributed by atoms with Crippen LogP contribution in [0.2, 0.25) is 0 Å². The van der Waals surface area contributed by atoms with Crippen LogP contribution in [-0.4, -0.2) is 19.9 Å². The maximum Gasteiger partial charge on any atom is 0.199 e. The lowest BCUT2D eigenvalue weighted by molar-refractivity contribution is 0.357. The van der Waals surface area contributed by atoms with Crippen molar-refractivity contribution in [2.24, 2.45) is 5.92 Å². The Morgan fingerprint density at radius 2 is 2.17 bits per heavy atom. The molecule has 0 aromatic carbocycles. The van der Waals surface area contributed by atoms with Crippen LogP contribution in [0.25, 0.3) is 22.5 Å². The molecule has 0 saturated heterocycles. The van der Waals surface area contributed by atoms with E-state index in [1.165, 1.54) is 19.2 Å². The van der Waals surface area contributed by atoms with Crippen LogP contribution in [0.3, 0.4) is 0 Å². The quantitative estimate of drug-likeness (QED) is 0.791. The van der Waals surface area contributed by atoms with E-state index in [0.29, 0.717) is 24.0 Å². The molecule has 0 radical (unpaired) electrons. The fraction of sp³-hybridized carbons (Fsp3) is 0.412. The molecule has 1 aliphatic carbocycles. The first kappa shape index (κ1) is 13.9. The summed E-state index contributed by atoms with van der Waals surface area (Å²) in [5.74, 6) is 1.88. The van der Waals surface area contributed by atoms with Crippen LogP contribution in [0.4, 0.5) is 0 Å². The molecule has 1 N–H and O–H groups in total. The number of fused-ring (bicyclic) bond motifs is 1. The smallest absolute Gasteiger partial charge is 0.199 e. The molecule has 3 aromatic heterocycles. The van der Waals surface area contributed by atoms with E-state index >= 15 is 0 Å². The largest absolute Gasteiger partial charge is 0.439 e. The highest BCUT2D eigenvalue weighted by Gasteiger charge is 2.30. The Morgan fingerprint density at radius 1 is 1.30 bits per heavy atom. The standard InChI is InChI=1S/C17H17N5O/c18-7-5-12(11-3-1-2-4-11)17-20-9-14(23-17)15-13-6-8-19-16(13)22-10-21-15/h6,8-12H,1-5H2,(H,19,21,22). The van der Waals surface area contributed by atoms with Gasteiger partial charge in [0.15, 0.2) is 11.7 Å². The number of oxazole rings is 1. The molecule has 3 aromatic rings. The summed E-state index contributed by atoms with van der Waals surface area (Å²) in [7, 11) is 0. The molecule has 116 valence electrons. The zero-order valence-corrected chi connectivity index (χ0v) is 12.7. The van der Waals surface area contributed by atoms with Crippen LogP contribution in [0, 0.1) is 17.2 Å². The monoisotopic (exact) mass is 307 g/mol. The predicted octanol–water partition coefficient (Wildman–Crippen LogP) is 3.80. The van der Waals surface area contributed by atoms with Gasteiger partial charge in [0.05, 0.1) is 18.2 Å². The lowest BCUT2D eigenvalue weighted by atomic mass is 9.88. The number of hydrogen-bond donors (Lipinski definition) is 1. The van der Waals surface area contributed by atoms with Gasteiger partial charge in [-0.25, -0.2) is 15.0 Å². The van der Waals surface area contributed by atoms with Gasteiger partial charge >= 0.3 is 0 Å². The number of H-pyrrole nitrogens is 1. The molecule has 4 rings (SSSR count). The van der Waals surface area contributed by atoms with Crippen LogP contribution in [0.15, 0.2) is 29.2 Å². The number of nitrogens with one attached hydrogen (secondary N) is 1. The highest BCUT2D eigenvalue weighted by Crippen LogP contribution is 2.39. The van der Waals surface area contributed by atoms with Crippen molar-refractivity contribution >= 4 is 11.0 Å². The van der Waals surface area contributed by atoms with Gasteiger partial charge < -0.3 is 9.40 Å². The molecule has 0 amide bonds. The maximum atomic E-state index is 9.15. The number of hydrogen-bond acceptors (Lipinski definition) is 5. The number of aromatic nitrogens is 4. The zero-order chi connectivity index (χ0) is 15.6. The zero-order valence-electron chi connectivity index (χ0n) is 12.7. The van der Waals surface area contributed by atoms with Crippen molar-refractivity contribution in [1.29, 1.82) is 5.26 Å². The molecule has 1 aliphatic rings. The van der Waals surface area contributed by atoms with Crippen LogP contribution in [0.1, 0.15) is 43.9 Å². The van der Waals surface area contributed by atoms with E-state index in [-0.39, 0.29) is 5.92 Å². The maximum absolute atomic E-state index is 9.15. The second kappa shape index (κ2) is 5.84. The molecule has 1 fully saturated rings. The van der Waals surface area contributed by atoms with Crippen LogP contribution < -0.4 is 0 Å². The summed E-state index contributed by atoms with van der Waals surface area (Å²) in [6.07, 6.45) is 10.3. The van der Waals surface area contributed by atoms with E-state index in [4.69, 9.17) is 9.68 Å². The molecule has 23 heavy (non-hydrogen) atoms. The summed E-state index contributed by atoms with van der Waals surface area (Å²) >= 11 is 0. The van der Waals surface area contributed by atoms with E-state index in [0.717, 1.165) is 29.6 Å². The van der Waals surface area contributed by atoms with E-state index in [1.807, 2.05) is 12.3 Å². The number of rotatable bonds is 4. The molecule has 0 bridgehead atoms. The molecule has 3 heterocycles. The molecule has 1 atom stereocenters. The molecular formula is C17H17N5O. The minimum atomic E-state index is 0.0832. The first-order valence-corrected chi connectivity index (χ1v) is 7.98. The normalized spacial score (nSPS) is 16.7. The number of aromatic amines is 1. The van der Waals surface area contributed by atoms with E-state index in [1.54, 1.807) is 6.20 Å². The lowest BCUT2D eigenvalue weighted by Gasteiger charge is -2.17. The summed E-state index contributed by atoms with van der Waals surface area (Å²) in [6, 6.07) is 4.21. The Morgan fingerprint density at radius 3 is 3.00 bits per heavy atom. The third kappa shape index (κ3) is 2.48. The van der Waals surface area contributed by atoms with Gasteiger partial charge in [-0.1, -0.05) is 12.8 Å². The van der Waals surface area contributed by atoms with Gasteiger partial charge in [-0.3, -0.25) is 0 Å². The first-order valence-electron chi connectivity index (χ1n) is 7.98. The van der Waals surface area contributed by atoms with Crippen molar-refractivity contribution in [1.82, 2.24) is 19.9 Å². The predicted molar refractivity (Wildman–Crippen MR) is 84.3 cm³/mol. The summed E-state index contributed by atoms with van der Waals surface area (Å²) in [5.41, 5.74) is 1.51. The van der Waals surface area contributed by atoms with Gasteiger partial charge in [0.1, 0.15) is 17.7 Å². The van der Waals surface area contributed by atoms with Gasteiger partial charge in [0.25, 0.3) is 0 Å². The van der Waals surface area contributed by atoms with Gasteiger partial charge in [-0.15, -0.1) is 0 Å². The van der Waals surface area contributed by atoms with Gasteiger partial charge in [-0.2, -0.15) is 5.26 Å². The van der Waals surface area contributed by atoms with Crippen LogP contribution >= 0.6 is 0 Å². The Hall–Kier alpha value is -2.68.